The van der Waals surface area contributed by atoms with E-state index in [-0.39, 0.29) is 17.9 Å². The molecule has 0 radical (unpaired) electrons. The zero-order valence-electron chi connectivity index (χ0n) is 8.05. The van der Waals surface area contributed by atoms with Crippen LogP contribution in [0.1, 0.15) is 10.4 Å². The first kappa shape index (κ1) is 10.8. The van der Waals surface area contributed by atoms with Crippen molar-refractivity contribution in [2.45, 2.75) is 0 Å². The Morgan fingerprint density at radius 1 is 1.21 bits per heavy atom. The van der Waals surface area contributed by atoms with Gasteiger partial charge in [0, 0.05) is 11.6 Å². The lowest BCUT2D eigenvalue weighted by molar-refractivity contribution is 0.0957. The van der Waals surface area contributed by atoms with Crippen LogP contribution in [0.5, 0.6) is 0 Å². The zero-order valence-corrected chi connectivity index (χ0v) is 8.05. The summed E-state index contributed by atoms with van der Waals surface area (Å²) in [7, 11) is 3.43. The van der Waals surface area contributed by atoms with Crippen LogP contribution in [0.15, 0.2) is 18.2 Å². The van der Waals surface area contributed by atoms with Gasteiger partial charge in [0.05, 0.1) is 6.54 Å². The zero-order chi connectivity index (χ0) is 10.7. The number of halogens is 2. The van der Waals surface area contributed by atoms with Crippen LogP contribution in [0.3, 0.4) is 0 Å². The van der Waals surface area contributed by atoms with Crippen molar-refractivity contribution in [1.82, 2.24) is 4.90 Å². The summed E-state index contributed by atoms with van der Waals surface area (Å²) in [5.74, 6) is -1.76. The van der Waals surface area contributed by atoms with Gasteiger partial charge in [0.25, 0.3) is 0 Å². The molecular weight excluding hydrogens is 188 g/mol. The van der Waals surface area contributed by atoms with Crippen LogP contribution < -0.4 is 0 Å². The highest BCUT2D eigenvalue weighted by molar-refractivity contribution is 5.97. The lowest BCUT2D eigenvalue weighted by Gasteiger charge is -2.08. The van der Waals surface area contributed by atoms with Crippen molar-refractivity contribution < 1.29 is 13.6 Å². The van der Waals surface area contributed by atoms with E-state index in [1.165, 1.54) is 0 Å². The number of benzene rings is 1. The molecule has 0 aromatic heterocycles. The third kappa shape index (κ3) is 2.88. The van der Waals surface area contributed by atoms with Crippen LogP contribution in [0.4, 0.5) is 8.78 Å². The molecule has 0 aliphatic heterocycles. The van der Waals surface area contributed by atoms with Crippen LogP contribution in [-0.4, -0.2) is 31.3 Å². The molecule has 0 N–H and O–H groups in total. The van der Waals surface area contributed by atoms with Crippen LogP contribution >= 0.6 is 0 Å². The van der Waals surface area contributed by atoms with E-state index < -0.39 is 11.6 Å². The maximum atomic E-state index is 12.7. The summed E-state index contributed by atoms with van der Waals surface area (Å²) in [6, 6.07) is 2.82. The Bertz CT molecular complexity index is 330. The van der Waals surface area contributed by atoms with Crippen molar-refractivity contribution in [2.75, 3.05) is 20.6 Å². The number of Topliss-reactive ketones (excluding diaryl/α,β-unsaturated/α-hetero) is 1. The van der Waals surface area contributed by atoms with Crippen molar-refractivity contribution in [1.29, 1.82) is 0 Å². The van der Waals surface area contributed by atoms with Crippen LogP contribution in [0.2, 0.25) is 0 Å². The Morgan fingerprint density at radius 3 is 2.14 bits per heavy atom. The average Bonchev–Trinajstić information content (AvgIpc) is 2.00. The Kier molecular flexibility index (Phi) is 3.30. The predicted octanol–water partition coefficient (Wildman–Crippen LogP) is 1.71. The molecule has 14 heavy (non-hydrogen) atoms. The molecule has 0 bridgehead atoms. The van der Waals surface area contributed by atoms with Crippen LogP contribution in [-0.2, 0) is 0 Å². The molecule has 1 aromatic carbocycles. The number of hydrogen-bond acceptors (Lipinski definition) is 2. The van der Waals surface area contributed by atoms with Gasteiger partial charge in [0.1, 0.15) is 11.6 Å². The largest absolute Gasteiger partial charge is 0.302 e. The molecule has 1 aromatic rings. The fraction of sp³-hybridized carbons (Fsp3) is 0.300. The Balaban J connectivity index is 2.90. The Hall–Kier alpha value is -1.29. The SMILES string of the molecule is CN(C)CC(=O)c1cc(F)cc(F)c1. The van der Waals surface area contributed by atoms with Gasteiger partial charge < -0.3 is 4.90 Å². The lowest BCUT2D eigenvalue weighted by Crippen LogP contribution is -2.21. The second kappa shape index (κ2) is 4.28. The first-order valence-corrected chi connectivity index (χ1v) is 4.13. The van der Waals surface area contributed by atoms with E-state index in [1.54, 1.807) is 19.0 Å². The van der Waals surface area contributed by atoms with Crippen molar-refractivity contribution in [3.63, 3.8) is 0 Å². The van der Waals surface area contributed by atoms with Crippen LogP contribution in [0, 0.1) is 11.6 Å². The number of nitrogens with zero attached hydrogens (tertiary/aromatic N) is 1. The third-order valence-electron chi connectivity index (χ3n) is 1.64. The average molecular weight is 199 g/mol. The molecule has 0 spiro atoms. The van der Waals surface area contributed by atoms with Gasteiger partial charge in [-0.15, -0.1) is 0 Å². The van der Waals surface area contributed by atoms with Gasteiger partial charge in [-0.3, -0.25) is 4.79 Å². The first-order chi connectivity index (χ1) is 6.49. The fourth-order valence-corrected chi connectivity index (χ4v) is 1.09. The summed E-state index contributed by atoms with van der Waals surface area (Å²) in [5, 5.41) is 0. The summed E-state index contributed by atoms with van der Waals surface area (Å²) in [6.07, 6.45) is 0. The van der Waals surface area contributed by atoms with E-state index in [0.717, 1.165) is 18.2 Å². The third-order valence-corrected chi connectivity index (χ3v) is 1.64. The second-order valence-electron chi connectivity index (χ2n) is 3.32. The molecule has 0 aliphatic carbocycles. The number of ketones is 1. The monoisotopic (exact) mass is 199 g/mol. The number of hydrogen-bond donors (Lipinski definition) is 0. The minimum atomic E-state index is -0.730. The van der Waals surface area contributed by atoms with Crippen molar-refractivity contribution in [3.05, 3.63) is 35.4 Å². The van der Waals surface area contributed by atoms with Gasteiger partial charge in [-0.1, -0.05) is 0 Å². The van der Waals surface area contributed by atoms with Gasteiger partial charge in [-0.25, -0.2) is 8.78 Å². The minimum Gasteiger partial charge on any atom is -0.302 e. The highest BCUT2D eigenvalue weighted by Gasteiger charge is 2.09. The molecule has 0 saturated heterocycles. The minimum absolute atomic E-state index is 0.0659. The first-order valence-electron chi connectivity index (χ1n) is 4.13. The maximum Gasteiger partial charge on any atom is 0.177 e. The van der Waals surface area contributed by atoms with Gasteiger partial charge in [0.2, 0.25) is 0 Å². The molecule has 4 heteroatoms. The second-order valence-corrected chi connectivity index (χ2v) is 3.32. The quantitative estimate of drug-likeness (QED) is 0.691. The normalized spacial score (nSPS) is 10.6. The van der Waals surface area contributed by atoms with Crippen LogP contribution in [0.25, 0.3) is 0 Å². The maximum absolute atomic E-state index is 12.7. The van der Waals surface area contributed by atoms with Crippen molar-refractivity contribution in [3.8, 4) is 0 Å². The molecule has 0 saturated carbocycles. The molecule has 0 amide bonds. The van der Waals surface area contributed by atoms with Crippen molar-refractivity contribution in [2.24, 2.45) is 0 Å². The molecule has 0 atom stereocenters. The van der Waals surface area contributed by atoms with E-state index >= 15 is 0 Å². The summed E-state index contributed by atoms with van der Waals surface area (Å²) in [5.41, 5.74) is 0.0659. The topological polar surface area (TPSA) is 20.3 Å². The molecule has 76 valence electrons. The summed E-state index contributed by atoms with van der Waals surface area (Å²) in [6.45, 7) is 0.142. The van der Waals surface area contributed by atoms with Crippen molar-refractivity contribution >= 4 is 5.78 Å². The molecular formula is C10H11F2NO. The fourth-order valence-electron chi connectivity index (χ4n) is 1.09. The van der Waals surface area contributed by atoms with Gasteiger partial charge in [-0.2, -0.15) is 0 Å². The summed E-state index contributed by atoms with van der Waals surface area (Å²) < 4.78 is 25.4. The lowest BCUT2D eigenvalue weighted by atomic mass is 10.1. The van der Waals surface area contributed by atoms with E-state index in [4.69, 9.17) is 0 Å². The van der Waals surface area contributed by atoms with E-state index in [2.05, 4.69) is 0 Å². The summed E-state index contributed by atoms with van der Waals surface area (Å²) in [4.78, 5) is 13.0. The van der Waals surface area contributed by atoms with Gasteiger partial charge in [0.15, 0.2) is 5.78 Å². The number of carbonyl (C=O) groups is 1. The van der Waals surface area contributed by atoms with E-state index in [0.29, 0.717) is 0 Å². The molecule has 2 nitrogen and oxygen atoms in total. The predicted molar refractivity (Wildman–Crippen MR) is 49.2 cm³/mol. The standard InChI is InChI=1S/C10H11F2NO/c1-13(2)6-10(14)7-3-8(11)5-9(12)4-7/h3-5H,6H2,1-2H3. The van der Waals surface area contributed by atoms with Gasteiger partial charge in [-0.05, 0) is 26.2 Å². The molecule has 0 fully saturated rings. The Labute approximate surface area is 81.1 Å². The summed E-state index contributed by atoms with van der Waals surface area (Å²) >= 11 is 0. The Morgan fingerprint density at radius 2 is 1.71 bits per heavy atom. The number of rotatable bonds is 3. The van der Waals surface area contributed by atoms with E-state index in [9.17, 15) is 13.6 Å². The molecule has 1 rings (SSSR count). The number of likely N-dealkylation sites (N-methyl/N-ethyl adjacent to an activating group) is 1. The molecule has 0 aliphatic rings. The van der Waals surface area contributed by atoms with Gasteiger partial charge >= 0.3 is 0 Å². The number of carbonyl (C=O) groups excluding carboxylic acids is 1. The highest BCUT2D eigenvalue weighted by Crippen LogP contribution is 2.08. The molecule has 0 heterocycles. The smallest absolute Gasteiger partial charge is 0.177 e. The van der Waals surface area contributed by atoms with E-state index in [1.807, 2.05) is 0 Å². The highest BCUT2D eigenvalue weighted by atomic mass is 19.1. The molecule has 0 unspecified atom stereocenters.